The van der Waals surface area contributed by atoms with Crippen LogP contribution in [0, 0.1) is 0 Å². The van der Waals surface area contributed by atoms with Crippen LogP contribution in [0.5, 0.6) is 5.75 Å². The number of amides is 1. The van der Waals surface area contributed by atoms with Crippen LogP contribution in [0.1, 0.15) is 25.7 Å². The van der Waals surface area contributed by atoms with E-state index in [1.165, 1.54) is 0 Å². The molecular weight excluding hydrogens is 444 g/mol. The summed E-state index contributed by atoms with van der Waals surface area (Å²) in [6, 6.07) is 6.21. The molecule has 0 saturated heterocycles. The van der Waals surface area contributed by atoms with Crippen LogP contribution in [-0.2, 0) is 4.79 Å². The Morgan fingerprint density at radius 3 is 2.79 bits per heavy atom. The molecule has 176 valence electrons. The van der Waals surface area contributed by atoms with E-state index in [0.29, 0.717) is 17.4 Å². The summed E-state index contributed by atoms with van der Waals surface area (Å²) >= 11 is 6.36. The number of ether oxygens (including phenoxy) is 1. The van der Waals surface area contributed by atoms with Gasteiger partial charge in [0.15, 0.2) is 0 Å². The van der Waals surface area contributed by atoms with Gasteiger partial charge in [0.1, 0.15) is 22.4 Å². The first kappa shape index (κ1) is 23.3. The van der Waals surface area contributed by atoms with Gasteiger partial charge in [0.05, 0.1) is 26.5 Å². The minimum absolute atomic E-state index is 0.0225. The molecule has 10 heteroatoms. The molecule has 0 aromatic carbocycles. The summed E-state index contributed by atoms with van der Waals surface area (Å²) in [5, 5.41) is 19.6. The van der Waals surface area contributed by atoms with E-state index in [1.807, 2.05) is 24.4 Å². The lowest BCUT2D eigenvalue weighted by atomic mass is 9.91. The number of fused-ring (bicyclic) bond motifs is 1. The summed E-state index contributed by atoms with van der Waals surface area (Å²) in [4.78, 5) is 24.0. The monoisotopic (exact) mass is 472 g/mol. The molecule has 0 aliphatic heterocycles. The molecule has 3 aromatic heterocycles. The number of halogens is 1. The van der Waals surface area contributed by atoms with Crippen molar-refractivity contribution in [2.24, 2.45) is 0 Å². The molecule has 1 fully saturated rings. The van der Waals surface area contributed by atoms with Crippen LogP contribution in [0.15, 0.2) is 30.6 Å². The van der Waals surface area contributed by atoms with Gasteiger partial charge in [-0.05, 0) is 49.4 Å². The summed E-state index contributed by atoms with van der Waals surface area (Å²) in [7, 11) is 1.62. The zero-order chi connectivity index (χ0) is 23.2. The average Bonchev–Trinajstić information content (AvgIpc) is 3.23. The predicted molar refractivity (Wildman–Crippen MR) is 129 cm³/mol. The number of H-pyrrole nitrogens is 1. The van der Waals surface area contributed by atoms with Crippen LogP contribution in [-0.4, -0.2) is 64.9 Å². The molecule has 0 unspecified atom stereocenters. The van der Waals surface area contributed by atoms with E-state index < -0.39 is 0 Å². The number of nitrogens with zero attached hydrogens (tertiary/aromatic N) is 2. The second kappa shape index (κ2) is 10.8. The fourth-order valence-corrected chi connectivity index (χ4v) is 4.42. The number of carbonyl (C=O) groups is 1. The molecule has 5 N–H and O–H groups in total. The Bertz CT molecular complexity index is 1100. The van der Waals surface area contributed by atoms with Gasteiger partial charge in [-0.15, -0.1) is 0 Å². The van der Waals surface area contributed by atoms with Crippen molar-refractivity contribution in [3.63, 3.8) is 0 Å². The van der Waals surface area contributed by atoms with E-state index in [4.69, 9.17) is 21.4 Å². The van der Waals surface area contributed by atoms with Gasteiger partial charge in [-0.3, -0.25) is 4.79 Å². The highest BCUT2D eigenvalue weighted by Crippen LogP contribution is 2.33. The molecule has 1 saturated carbocycles. The Morgan fingerprint density at radius 2 is 2.03 bits per heavy atom. The maximum atomic E-state index is 12.0. The molecule has 0 atom stereocenters. The number of nitrogens with one attached hydrogen (secondary N) is 4. The fraction of sp³-hybridized carbons (Fsp3) is 0.435. The zero-order valence-corrected chi connectivity index (χ0v) is 19.3. The van der Waals surface area contributed by atoms with E-state index in [-0.39, 0.29) is 31.1 Å². The Morgan fingerprint density at radius 1 is 1.24 bits per heavy atom. The molecule has 3 heterocycles. The number of pyridine rings is 2. The Labute approximate surface area is 197 Å². The molecule has 4 rings (SSSR count). The predicted octanol–water partition coefficient (Wildman–Crippen LogP) is 2.71. The zero-order valence-electron chi connectivity index (χ0n) is 18.5. The Balaban J connectivity index is 1.39. The van der Waals surface area contributed by atoms with Crippen molar-refractivity contribution in [1.29, 1.82) is 0 Å². The molecule has 1 amide bonds. The van der Waals surface area contributed by atoms with Crippen LogP contribution in [0.25, 0.3) is 22.2 Å². The van der Waals surface area contributed by atoms with Gasteiger partial charge in [-0.25, -0.2) is 9.97 Å². The van der Waals surface area contributed by atoms with E-state index >= 15 is 0 Å². The van der Waals surface area contributed by atoms with E-state index in [0.717, 1.165) is 53.7 Å². The van der Waals surface area contributed by atoms with Gasteiger partial charge in [0, 0.05) is 35.8 Å². The highest BCUT2D eigenvalue weighted by atomic mass is 35.5. The van der Waals surface area contributed by atoms with Crippen molar-refractivity contribution in [3.8, 4) is 16.9 Å². The number of aliphatic hydroxyl groups excluding tert-OH is 1. The maximum Gasteiger partial charge on any atom is 0.234 e. The van der Waals surface area contributed by atoms with Crippen LogP contribution >= 0.6 is 11.6 Å². The van der Waals surface area contributed by atoms with Crippen molar-refractivity contribution in [1.82, 2.24) is 25.6 Å². The third kappa shape index (κ3) is 5.93. The molecule has 1 aliphatic rings. The van der Waals surface area contributed by atoms with E-state index in [2.05, 4.69) is 30.9 Å². The molecule has 0 spiro atoms. The second-order valence-electron chi connectivity index (χ2n) is 8.20. The molecule has 0 bridgehead atoms. The van der Waals surface area contributed by atoms with Gasteiger partial charge in [-0.2, -0.15) is 0 Å². The van der Waals surface area contributed by atoms with E-state index in [9.17, 15) is 4.79 Å². The summed E-state index contributed by atoms with van der Waals surface area (Å²) in [5.74, 6) is 1.38. The topological polar surface area (TPSA) is 124 Å². The van der Waals surface area contributed by atoms with Gasteiger partial charge < -0.3 is 30.8 Å². The molecule has 1 aliphatic carbocycles. The van der Waals surface area contributed by atoms with Crippen LogP contribution in [0.2, 0.25) is 5.15 Å². The smallest absolute Gasteiger partial charge is 0.234 e. The highest BCUT2D eigenvalue weighted by Gasteiger charge is 2.23. The standard InChI is InChI=1S/C23H29ClN6O3/c1-33-17-10-18-19(12-27-23(18)26-11-17)14-8-20(24)30-21(9-14)28-15-2-4-16(5-3-15)29-22(32)13-25-6-7-31/h8-12,15-16,25,31H,2-7,13H2,1H3,(H,26,27)(H,28,30)(H,29,32). The Kier molecular flexibility index (Phi) is 7.64. The largest absolute Gasteiger partial charge is 0.495 e. The lowest BCUT2D eigenvalue weighted by molar-refractivity contribution is -0.121. The molecular formula is C23H29ClN6O3. The quantitative estimate of drug-likeness (QED) is 0.239. The number of aromatic nitrogens is 3. The average molecular weight is 473 g/mol. The van der Waals surface area contributed by atoms with Gasteiger partial charge in [0.2, 0.25) is 5.91 Å². The van der Waals surface area contributed by atoms with Crippen molar-refractivity contribution in [2.75, 3.05) is 32.1 Å². The van der Waals surface area contributed by atoms with Crippen LogP contribution in [0.3, 0.4) is 0 Å². The number of anilines is 1. The SMILES string of the molecule is COc1cnc2[nH]cc(-c3cc(Cl)nc(NC4CCC(NC(=O)CNCCO)CC4)c3)c2c1. The summed E-state index contributed by atoms with van der Waals surface area (Å²) in [6.07, 6.45) is 7.23. The number of aromatic amines is 1. The first-order valence-corrected chi connectivity index (χ1v) is 11.5. The van der Waals surface area contributed by atoms with Crippen molar-refractivity contribution in [2.45, 2.75) is 37.8 Å². The molecule has 9 nitrogen and oxygen atoms in total. The molecule has 3 aromatic rings. The highest BCUT2D eigenvalue weighted by molar-refractivity contribution is 6.29. The number of aliphatic hydroxyl groups is 1. The Hall–Kier alpha value is -2.88. The van der Waals surface area contributed by atoms with E-state index in [1.54, 1.807) is 13.3 Å². The number of hydrogen-bond acceptors (Lipinski definition) is 7. The summed E-state index contributed by atoms with van der Waals surface area (Å²) in [5.41, 5.74) is 2.69. The molecule has 0 radical (unpaired) electrons. The van der Waals surface area contributed by atoms with Crippen LogP contribution in [0.4, 0.5) is 5.82 Å². The third-order valence-electron chi connectivity index (χ3n) is 5.87. The van der Waals surface area contributed by atoms with Gasteiger partial charge in [-0.1, -0.05) is 11.6 Å². The van der Waals surface area contributed by atoms with Crippen molar-refractivity contribution < 1.29 is 14.6 Å². The minimum atomic E-state index is -0.0362. The number of methoxy groups -OCH3 is 1. The number of hydrogen-bond donors (Lipinski definition) is 5. The maximum absolute atomic E-state index is 12.0. The first-order chi connectivity index (χ1) is 16.1. The third-order valence-corrected chi connectivity index (χ3v) is 6.06. The number of rotatable bonds is 9. The minimum Gasteiger partial charge on any atom is -0.495 e. The van der Waals surface area contributed by atoms with Crippen LogP contribution < -0.4 is 20.7 Å². The van der Waals surface area contributed by atoms with Gasteiger partial charge >= 0.3 is 0 Å². The van der Waals surface area contributed by atoms with Gasteiger partial charge in [0.25, 0.3) is 0 Å². The lowest BCUT2D eigenvalue weighted by Crippen LogP contribution is -2.44. The fourth-order valence-electron chi connectivity index (χ4n) is 4.21. The summed E-state index contributed by atoms with van der Waals surface area (Å²) < 4.78 is 5.32. The van der Waals surface area contributed by atoms with Crippen molar-refractivity contribution >= 4 is 34.4 Å². The summed E-state index contributed by atoms with van der Waals surface area (Å²) in [6.45, 7) is 0.666. The second-order valence-corrected chi connectivity index (χ2v) is 8.59. The first-order valence-electron chi connectivity index (χ1n) is 11.1. The lowest BCUT2D eigenvalue weighted by Gasteiger charge is -2.30. The number of carbonyl (C=O) groups excluding carboxylic acids is 1. The van der Waals surface area contributed by atoms with Crippen molar-refractivity contribution in [3.05, 3.63) is 35.7 Å². The molecule has 33 heavy (non-hydrogen) atoms. The normalized spacial score (nSPS) is 18.3.